The number of halogens is 3. The van der Waals surface area contributed by atoms with Gasteiger partial charge < -0.3 is 10.1 Å². The molecule has 0 aliphatic rings. The average molecular weight is 419 g/mol. The van der Waals surface area contributed by atoms with E-state index in [0.717, 1.165) is 22.9 Å². The maximum absolute atomic E-state index is 14.1. The average Bonchev–Trinajstić information content (AvgIpc) is 3.32. The summed E-state index contributed by atoms with van der Waals surface area (Å²) in [6.45, 7) is -0.570. The van der Waals surface area contributed by atoms with Gasteiger partial charge in [0.25, 0.3) is 12.1 Å². The molecule has 0 saturated heterocycles. The molecule has 1 N–H and O–H groups in total. The van der Waals surface area contributed by atoms with Gasteiger partial charge in [-0.3, -0.25) is 14.8 Å². The molecule has 3 heterocycles. The molecule has 1 aromatic carbocycles. The van der Waals surface area contributed by atoms with Crippen LogP contribution in [0.15, 0.2) is 48.9 Å². The van der Waals surface area contributed by atoms with Crippen LogP contribution in [0, 0.1) is 15.9 Å². The van der Waals surface area contributed by atoms with Crippen molar-refractivity contribution < 1.29 is 22.8 Å². The zero-order chi connectivity index (χ0) is 21.3. The summed E-state index contributed by atoms with van der Waals surface area (Å²) < 4.78 is 47.0. The topological polar surface area (TPSA) is 112 Å². The number of rotatable bonds is 7. The summed E-state index contributed by atoms with van der Waals surface area (Å²) in [5.74, 6) is -1.26. The Morgan fingerprint density at radius 3 is 2.90 bits per heavy atom. The maximum atomic E-state index is 14.1. The fourth-order valence-electron chi connectivity index (χ4n) is 2.62. The molecule has 154 valence electrons. The van der Waals surface area contributed by atoms with Gasteiger partial charge in [-0.1, -0.05) is 0 Å². The highest BCUT2D eigenvalue weighted by Crippen LogP contribution is 2.30. The molecule has 0 unspecified atom stereocenters. The van der Waals surface area contributed by atoms with E-state index in [1.165, 1.54) is 16.9 Å². The Labute approximate surface area is 165 Å². The van der Waals surface area contributed by atoms with Gasteiger partial charge in [0, 0.05) is 18.5 Å². The van der Waals surface area contributed by atoms with Crippen LogP contribution in [0.4, 0.5) is 30.5 Å². The van der Waals surface area contributed by atoms with Gasteiger partial charge in [-0.25, -0.2) is 17.7 Å². The number of aromatic nitrogens is 5. The van der Waals surface area contributed by atoms with Crippen LogP contribution in [-0.2, 0) is 6.54 Å². The van der Waals surface area contributed by atoms with E-state index in [2.05, 4.69) is 20.5 Å². The molecular formula is C17H12F3N7O3. The minimum Gasteiger partial charge on any atom is -0.434 e. The fourth-order valence-corrected chi connectivity index (χ4v) is 2.62. The smallest absolute Gasteiger partial charge is 0.273 e. The van der Waals surface area contributed by atoms with E-state index in [0.29, 0.717) is 11.2 Å². The highest BCUT2D eigenvalue weighted by molar-refractivity contribution is 5.61. The van der Waals surface area contributed by atoms with E-state index in [1.807, 2.05) is 0 Å². The second-order valence-electron chi connectivity index (χ2n) is 6.02. The number of anilines is 2. The van der Waals surface area contributed by atoms with Gasteiger partial charge in [0.2, 0.25) is 11.8 Å². The van der Waals surface area contributed by atoms with Crippen molar-refractivity contribution >= 4 is 22.8 Å². The molecule has 0 bridgehead atoms. The first-order valence-corrected chi connectivity index (χ1v) is 8.44. The Kier molecular flexibility index (Phi) is 4.92. The highest BCUT2D eigenvalue weighted by Gasteiger charge is 2.17. The normalized spacial score (nSPS) is 11.2. The molecule has 0 fully saturated rings. The molecule has 30 heavy (non-hydrogen) atoms. The van der Waals surface area contributed by atoms with Gasteiger partial charge in [-0.15, -0.1) is 5.10 Å². The lowest BCUT2D eigenvalue weighted by molar-refractivity contribution is -0.385. The van der Waals surface area contributed by atoms with Crippen LogP contribution in [0.2, 0.25) is 0 Å². The Bertz CT molecular complexity index is 1220. The van der Waals surface area contributed by atoms with Gasteiger partial charge in [-0.05, 0) is 18.2 Å². The Morgan fingerprint density at radius 1 is 1.30 bits per heavy atom. The Morgan fingerprint density at radius 2 is 2.13 bits per heavy atom. The minimum atomic E-state index is -2.56. The van der Waals surface area contributed by atoms with E-state index in [-0.39, 0.29) is 23.3 Å². The van der Waals surface area contributed by atoms with Crippen molar-refractivity contribution in [1.29, 1.82) is 0 Å². The number of alkyl halides is 2. The molecule has 0 radical (unpaired) electrons. The van der Waals surface area contributed by atoms with Crippen molar-refractivity contribution in [3.63, 3.8) is 0 Å². The molecule has 0 aliphatic heterocycles. The number of non-ortho nitro benzene ring substituents is 1. The SMILES string of the molecule is O=[N+]([O-])c1ccc(F)c(Oc2nc(Nc3cnn(CC(F)F)c3)nn3cccc23)c1. The molecule has 0 amide bonds. The van der Waals surface area contributed by atoms with Crippen molar-refractivity contribution in [3.8, 4) is 11.6 Å². The van der Waals surface area contributed by atoms with Gasteiger partial charge in [0.15, 0.2) is 11.6 Å². The zero-order valence-electron chi connectivity index (χ0n) is 14.9. The molecule has 10 nitrogen and oxygen atoms in total. The lowest BCUT2D eigenvalue weighted by Gasteiger charge is -2.10. The Balaban J connectivity index is 1.66. The number of nitro benzene ring substituents is 1. The first-order chi connectivity index (χ1) is 14.4. The highest BCUT2D eigenvalue weighted by atomic mass is 19.3. The van der Waals surface area contributed by atoms with E-state index >= 15 is 0 Å². The second-order valence-corrected chi connectivity index (χ2v) is 6.02. The summed E-state index contributed by atoms with van der Waals surface area (Å²) in [5, 5.41) is 21.7. The van der Waals surface area contributed by atoms with Crippen LogP contribution in [0.1, 0.15) is 0 Å². The van der Waals surface area contributed by atoms with Crippen molar-refractivity contribution in [1.82, 2.24) is 24.4 Å². The summed E-state index contributed by atoms with van der Waals surface area (Å²) in [6.07, 6.45) is 1.68. The summed E-state index contributed by atoms with van der Waals surface area (Å²) in [7, 11) is 0. The molecular weight excluding hydrogens is 407 g/mol. The van der Waals surface area contributed by atoms with Crippen LogP contribution in [-0.4, -0.2) is 35.7 Å². The van der Waals surface area contributed by atoms with Crippen LogP contribution < -0.4 is 10.1 Å². The summed E-state index contributed by atoms with van der Waals surface area (Å²) in [6, 6.07) is 6.12. The summed E-state index contributed by atoms with van der Waals surface area (Å²) in [5.41, 5.74) is 0.367. The number of nitro groups is 1. The van der Waals surface area contributed by atoms with Crippen molar-refractivity contribution in [3.05, 3.63) is 64.9 Å². The number of nitrogens with one attached hydrogen (secondary N) is 1. The van der Waals surface area contributed by atoms with E-state index in [1.54, 1.807) is 18.3 Å². The lowest BCUT2D eigenvalue weighted by Crippen LogP contribution is -2.06. The van der Waals surface area contributed by atoms with Gasteiger partial charge in [-0.2, -0.15) is 10.1 Å². The van der Waals surface area contributed by atoms with Crippen LogP contribution >= 0.6 is 0 Å². The van der Waals surface area contributed by atoms with Crippen molar-refractivity contribution in [2.75, 3.05) is 5.32 Å². The summed E-state index contributed by atoms with van der Waals surface area (Å²) in [4.78, 5) is 14.4. The minimum absolute atomic E-state index is 0.0103. The Hall–Kier alpha value is -4.16. The van der Waals surface area contributed by atoms with E-state index in [4.69, 9.17) is 4.74 Å². The third-order valence-electron chi connectivity index (χ3n) is 3.90. The predicted octanol–water partition coefficient (Wildman–Crippen LogP) is 3.77. The second kappa shape index (κ2) is 7.69. The first kappa shape index (κ1) is 19.2. The number of benzene rings is 1. The van der Waals surface area contributed by atoms with Gasteiger partial charge in [0.05, 0.1) is 22.9 Å². The van der Waals surface area contributed by atoms with E-state index in [9.17, 15) is 23.3 Å². The number of hydrogen-bond acceptors (Lipinski definition) is 7. The standard InChI is InChI=1S/C17H12F3N7O3/c18-12-4-3-11(27(28)29)6-14(12)30-16-13-2-1-5-26(13)24-17(23-16)22-10-7-21-25(8-10)9-15(19)20/h1-8,15H,9H2,(H,22,24). The zero-order valence-corrected chi connectivity index (χ0v) is 14.9. The number of fused-ring (bicyclic) bond motifs is 1. The molecule has 0 aliphatic carbocycles. The molecule has 0 atom stereocenters. The number of ether oxygens (including phenoxy) is 1. The van der Waals surface area contributed by atoms with E-state index < -0.39 is 23.7 Å². The fraction of sp³-hybridized carbons (Fsp3) is 0.118. The van der Waals surface area contributed by atoms with Crippen LogP contribution in [0.25, 0.3) is 5.52 Å². The van der Waals surface area contributed by atoms with Crippen molar-refractivity contribution in [2.45, 2.75) is 13.0 Å². The quantitative estimate of drug-likeness (QED) is 0.358. The van der Waals surface area contributed by atoms with Gasteiger partial charge >= 0.3 is 0 Å². The van der Waals surface area contributed by atoms with Crippen molar-refractivity contribution in [2.24, 2.45) is 0 Å². The molecule has 0 spiro atoms. The lowest BCUT2D eigenvalue weighted by atomic mass is 10.3. The summed E-state index contributed by atoms with van der Waals surface area (Å²) >= 11 is 0. The first-order valence-electron chi connectivity index (χ1n) is 8.44. The monoisotopic (exact) mass is 419 g/mol. The molecule has 3 aromatic heterocycles. The predicted molar refractivity (Wildman–Crippen MR) is 97.6 cm³/mol. The largest absolute Gasteiger partial charge is 0.434 e. The molecule has 0 saturated carbocycles. The van der Waals surface area contributed by atoms with Crippen LogP contribution in [0.5, 0.6) is 11.6 Å². The molecule has 13 heteroatoms. The number of nitrogens with zero attached hydrogens (tertiary/aromatic N) is 6. The molecule has 4 aromatic rings. The van der Waals surface area contributed by atoms with Crippen LogP contribution in [0.3, 0.4) is 0 Å². The third-order valence-corrected chi connectivity index (χ3v) is 3.90. The van der Waals surface area contributed by atoms with Gasteiger partial charge in [0.1, 0.15) is 12.1 Å². The third kappa shape index (κ3) is 3.99. The molecule has 4 rings (SSSR count). The number of hydrogen-bond donors (Lipinski definition) is 1. The maximum Gasteiger partial charge on any atom is 0.273 e.